The zero-order valence-electron chi connectivity index (χ0n) is 13.4. The molecular formula is C17H20O7. The van der Waals surface area contributed by atoms with Gasteiger partial charge in [-0.15, -0.1) is 0 Å². The van der Waals surface area contributed by atoms with Gasteiger partial charge >= 0.3 is 11.9 Å². The van der Waals surface area contributed by atoms with Crippen molar-refractivity contribution in [3.63, 3.8) is 0 Å². The van der Waals surface area contributed by atoms with E-state index in [4.69, 9.17) is 19.3 Å². The van der Waals surface area contributed by atoms with Crippen LogP contribution in [0.5, 0.6) is 11.5 Å². The number of carbonyl (C=O) groups excluding carboxylic acids is 2. The van der Waals surface area contributed by atoms with Gasteiger partial charge in [-0.2, -0.15) is 0 Å². The van der Waals surface area contributed by atoms with Crippen LogP contribution in [0.3, 0.4) is 0 Å². The zero-order chi connectivity index (χ0) is 17.5. The number of Topliss-reactive ketones (excluding diaryl/α,β-unsaturated/α-hetero) is 1. The number of carbonyl (C=O) groups is 3. The van der Waals surface area contributed by atoms with Crippen molar-refractivity contribution < 1.29 is 33.7 Å². The van der Waals surface area contributed by atoms with Gasteiger partial charge in [0.05, 0.1) is 13.0 Å². The molecule has 0 spiro atoms. The Labute approximate surface area is 139 Å². The molecule has 0 fully saturated rings. The highest BCUT2D eigenvalue weighted by atomic mass is 16.6. The molecule has 1 aliphatic rings. The summed E-state index contributed by atoms with van der Waals surface area (Å²) < 4.78 is 15.7. The molecule has 0 amide bonds. The molecule has 7 heteroatoms. The number of benzene rings is 1. The summed E-state index contributed by atoms with van der Waals surface area (Å²) >= 11 is 0. The maximum absolute atomic E-state index is 12.0. The molecule has 1 aliphatic heterocycles. The van der Waals surface area contributed by atoms with Crippen LogP contribution in [0.1, 0.15) is 37.7 Å². The highest BCUT2D eigenvalue weighted by molar-refractivity contribution is 5.96. The SMILES string of the molecule is CCOC(=O)CC(=O)CC(CC(=O)O)c1ccc2c(c1)OCCO2. The minimum atomic E-state index is -1.01. The van der Waals surface area contributed by atoms with Crippen LogP contribution in [0.4, 0.5) is 0 Å². The minimum absolute atomic E-state index is 0.0508. The molecular weight excluding hydrogens is 316 g/mol. The lowest BCUT2D eigenvalue weighted by atomic mass is 9.89. The predicted molar refractivity (Wildman–Crippen MR) is 83.3 cm³/mol. The number of esters is 1. The second-order valence-corrected chi connectivity index (χ2v) is 5.42. The summed E-state index contributed by atoms with van der Waals surface area (Å²) in [6.45, 7) is 2.74. The van der Waals surface area contributed by atoms with Gasteiger partial charge in [-0.1, -0.05) is 6.07 Å². The van der Waals surface area contributed by atoms with Gasteiger partial charge in [0.2, 0.25) is 0 Å². The minimum Gasteiger partial charge on any atom is -0.486 e. The molecule has 1 N–H and O–H groups in total. The van der Waals surface area contributed by atoms with Crippen molar-refractivity contribution in [2.24, 2.45) is 0 Å². The number of carboxylic acid groups (broad SMARTS) is 1. The molecule has 24 heavy (non-hydrogen) atoms. The second-order valence-electron chi connectivity index (χ2n) is 5.42. The van der Waals surface area contributed by atoms with Crippen molar-refractivity contribution in [3.8, 4) is 11.5 Å². The van der Waals surface area contributed by atoms with Gasteiger partial charge in [-0.05, 0) is 24.6 Å². The molecule has 0 radical (unpaired) electrons. The lowest BCUT2D eigenvalue weighted by Crippen LogP contribution is -2.18. The molecule has 0 aliphatic carbocycles. The fourth-order valence-electron chi connectivity index (χ4n) is 2.55. The lowest BCUT2D eigenvalue weighted by Gasteiger charge is -2.21. The Bertz CT molecular complexity index is 623. The molecule has 1 heterocycles. The van der Waals surface area contributed by atoms with Crippen LogP contribution in [0.2, 0.25) is 0 Å². The Hall–Kier alpha value is -2.57. The highest BCUT2D eigenvalue weighted by Crippen LogP contribution is 2.35. The molecule has 7 nitrogen and oxygen atoms in total. The summed E-state index contributed by atoms with van der Waals surface area (Å²) in [7, 11) is 0. The number of aliphatic carboxylic acids is 1. The fourth-order valence-corrected chi connectivity index (χ4v) is 2.55. The number of rotatable bonds is 8. The van der Waals surface area contributed by atoms with Gasteiger partial charge in [0.25, 0.3) is 0 Å². The molecule has 1 aromatic carbocycles. The Kier molecular flexibility index (Phi) is 6.17. The Morgan fingerprint density at radius 3 is 2.54 bits per heavy atom. The van der Waals surface area contributed by atoms with Crippen LogP contribution in [0.25, 0.3) is 0 Å². The first kappa shape index (κ1) is 17.8. The maximum atomic E-state index is 12.0. The van der Waals surface area contributed by atoms with Gasteiger partial charge in [0, 0.05) is 12.3 Å². The predicted octanol–water partition coefficient (Wildman–Crippen LogP) is 1.93. The normalized spacial score (nSPS) is 13.9. The van der Waals surface area contributed by atoms with Crippen LogP contribution >= 0.6 is 0 Å². The van der Waals surface area contributed by atoms with E-state index >= 15 is 0 Å². The summed E-state index contributed by atoms with van der Waals surface area (Å²) in [5.74, 6) is -1.38. The number of hydrogen-bond acceptors (Lipinski definition) is 6. The molecule has 1 unspecified atom stereocenters. The first-order valence-electron chi connectivity index (χ1n) is 7.78. The average Bonchev–Trinajstić information content (AvgIpc) is 2.53. The van der Waals surface area contributed by atoms with Crippen LogP contribution in [-0.2, 0) is 19.1 Å². The molecule has 0 saturated heterocycles. The van der Waals surface area contributed by atoms with E-state index in [1.807, 2.05) is 0 Å². The van der Waals surface area contributed by atoms with Crippen LogP contribution < -0.4 is 9.47 Å². The van der Waals surface area contributed by atoms with E-state index in [0.717, 1.165) is 0 Å². The number of ketones is 1. The van der Waals surface area contributed by atoms with Gasteiger partial charge < -0.3 is 19.3 Å². The Morgan fingerprint density at radius 1 is 1.17 bits per heavy atom. The summed E-state index contributed by atoms with van der Waals surface area (Å²) in [5.41, 5.74) is 0.666. The van der Waals surface area contributed by atoms with Crippen LogP contribution in [0, 0.1) is 0 Å². The van der Waals surface area contributed by atoms with Crippen molar-refractivity contribution in [3.05, 3.63) is 23.8 Å². The third-order valence-electron chi connectivity index (χ3n) is 3.58. The molecule has 1 atom stereocenters. The first-order valence-corrected chi connectivity index (χ1v) is 7.78. The Morgan fingerprint density at radius 2 is 1.88 bits per heavy atom. The Balaban J connectivity index is 2.11. The quantitative estimate of drug-likeness (QED) is 0.572. The molecule has 0 saturated carbocycles. The van der Waals surface area contributed by atoms with E-state index in [1.165, 1.54) is 0 Å². The van der Waals surface area contributed by atoms with E-state index in [0.29, 0.717) is 30.3 Å². The first-order chi connectivity index (χ1) is 11.5. The van der Waals surface area contributed by atoms with Crippen molar-refractivity contribution in [1.82, 2.24) is 0 Å². The maximum Gasteiger partial charge on any atom is 0.313 e. The fraction of sp³-hybridized carbons (Fsp3) is 0.471. The van der Waals surface area contributed by atoms with E-state index in [2.05, 4.69) is 0 Å². The molecule has 0 aromatic heterocycles. The van der Waals surface area contributed by atoms with E-state index in [-0.39, 0.29) is 31.7 Å². The molecule has 130 valence electrons. The topological polar surface area (TPSA) is 99.1 Å². The summed E-state index contributed by atoms with van der Waals surface area (Å²) in [5, 5.41) is 9.10. The van der Waals surface area contributed by atoms with Crippen LogP contribution in [-0.4, -0.2) is 42.6 Å². The number of fused-ring (bicyclic) bond motifs is 1. The van der Waals surface area contributed by atoms with Gasteiger partial charge in [-0.25, -0.2) is 0 Å². The number of carboxylic acids is 1. The van der Waals surface area contributed by atoms with E-state index < -0.39 is 17.9 Å². The van der Waals surface area contributed by atoms with Crippen molar-refractivity contribution in [1.29, 1.82) is 0 Å². The zero-order valence-corrected chi connectivity index (χ0v) is 13.4. The molecule has 2 rings (SSSR count). The smallest absolute Gasteiger partial charge is 0.313 e. The van der Waals surface area contributed by atoms with Crippen molar-refractivity contribution in [2.45, 2.75) is 32.1 Å². The summed E-state index contributed by atoms with van der Waals surface area (Å²) in [6, 6.07) is 5.12. The molecule has 1 aromatic rings. The van der Waals surface area contributed by atoms with Crippen molar-refractivity contribution >= 4 is 17.7 Å². The van der Waals surface area contributed by atoms with Crippen molar-refractivity contribution in [2.75, 3.05) is 19.8 Å². The number of ether oxygens (including phenoxy) is 3. The standard InChI is InChI=1S/C17H20O7/c1-2-22-17(21)10-13(18)7-12(9-16(19)20)11-3-4-14-15(8-11)24-6-5-23-14/h3-4,8,12H,2,5-7,9-10H2,1H3,(H,19,20). The van der Waals surface area contributed by atoms with E-state index in [9.17, 15) is 14.4 Å². The third kappa shape index (κ3) is 4.97. The van der Waals surface area contributed by atoms with Crippen LogP contribution in [0.15, 0.2) is 18.2 Å². The number of hydrogen-bond donors (Lipinski definition) is 1. The second kappa shape index (κ2) is 8.33. The molecule has 0 bridgehead atoms. The van der Waals surface area contributed by atoms with Gasteiger partial charge in [0.15, 0.2) is 11.5 Å². The van der Waals surface area contributed by atoms with E-state index in [1.54, 1.807) is 25.1 Å². The largest absolute Gasteiger partial charge is 0.486 e. The van der Waals surface area contributed by atoms with Gasteiger partial charge in [-0.3, -0.25) is 14.4 Å². The van der Waals surface area contributed by atoms with Gasteiger partial charge in [0.1, 0.15) is 25.4 Å². The monoisotopic (exact) mass is 336 g/mol. The highest BCUT2D eigenvalue weighted by Gasteiger charge is 2.23. The average molecular weight is 336 g/mol. The summed E-state index contributed by atoms with van der Waals surface area (Å²) in [4.78, 5) is 34.5. The lowest BCUT2D eigenvalue weighted by molar-refractivity contribution is -0.145. The third-order valence-corrected chi connectivity index (χ3v) is 3.58. The summed E-state index contributed by atoms with van der Waals surface area (Å²) in [6.07, 6.45) is -0.618.